The van der Waals surface area contributed by atoms with E-state index in [1.807, 2.05) is 30.3 Å². The number of nitrogens with zero attached hydrogens (tertiary/aromatic N) is 4. The SMILES string of the molecule is CC1CCCN(S(=O)(=O)c2ccc3nnn(OCC(=O)NCCc4ccccc4)c3c2)C1. The van der Waals surface area contributed by atoms with E-state index >= 15 is 0 Å². The number of amides is 1. The lowest BCUT2D eigenvalue weighted by Crippen LogP contribution is -2.39. The number of carbonyl (C=O) groups is 1. The average Bonchev–Trinajstić information content (AvgIpc) is 3.21. The number of sulfonamides is 1. The lowest BCUT2D eigenvalue weighted by molar-refractivity contribution is -0.126. The zero-order chi connectivity index (χ0) is 22.6. The molecule has 0 bridgehead atoms. The van der Waals surface area contributed by atoms with Crippen molar-refractivity contribution in [2.45, 2.75) is 31.1 Å². The summed E-state index contributed by atoms with van der Waals surface area (Å²) in [5.41, 5.74) is 2.02. The first kappa shape index (κ1) is 22.2. The van der Waals surface area contributed by atoms with E-state index in [2.05, 4.69) is 22.6 Å². The molecule has 1 N–H and O–H groups in total. The Labute approximate surface area is 187 Å². The fraction of sp³-hybridized carbons (Fsp3) is 0.409. The van der Waals surface area contributed by atoms with Gasteiger partial charge >= 0.3 is 0 Å². The largest absolute Gasteiger partial charge is 0.385 e. The smallest absolute Gasteiger partial charge is 0.260 e. The molecule has 0 spiro atoms. The van der Waals surface area contributed by atoms with Crippen molar-refractivity contribution in [2.24, 2.45) is 5.92 Å². The van der Waals surface area contributed by atoms with E-state index in [1.54, 1.807) is 6.07 Å². The Morgan fingerprint density at radius 1 is 1.22 bits per heavy atom. The van der Waals surface area contributed by atoms with Gasteiger partial charge in [0.2, 0.25) is 10.0 Å². The third-order valence-corrected chi connectivity index (χ3v) is 7.40. The molecule has 1 saturated heterocycles. The molecular formula is C22H27N5O4S. The van der Waals surface area contributed by atoms with Crippen molar-refractivity contribution < 1.29 is 18.0 Å². The van der Waals surface area contributed by atoms with Gasteiger partial charge in [-0.3, -0.25) is 4.79 Å². The van der Waals surface area contributed by atoms with Crippen LogP contribution in [0.1, 0.15) is 25.3 Å². The van der Waals surface area contributed by atoms with Crippen LogP contribution in [0.3, 0.4) is 0 Å². The minimum absolute atomic E-state index is 0.165. The average molecular weight is 458 g/mol. The second-order valence-electron chi connectivity index (χ2n) is 8.08. The van der Waals surface area contributed by atoms with E-state index in [1.165, 1.54) is 16.4 Å². The number of benzene rings is 2. The predicted octanol–water partition coefficient (Wildman–Crippen LogP) is 1.64. The van der Waals surface area contributed by atoms with Crippen LogP contribution in [0.4, 0.5) is 0 Å². The van der Waals surface area contributed by atoms with Gasteiger partial charge in [0.1, 0.15) is 11.0 Å². The molecule has 1 fully saturated rings. The number of nitrogens with one attached hydrogen (secondary N) is 1. The van der Waals surface area contributed by atoms with E-state index in [-0.39, 0.29) is 17.4 Å². The molecule has 3 aromatic rings. The van der Waals surface area contributed by atoms with Gasteiger partial charge in [-0.15, -0.1) is 5.10 Å². The van der Waals surface area contributed by atoms with Crippen LogP contribution >= 0.6 is 0 Å². The first-order valence-electron chi connectivity index (χ1n) is 10.7. The van der Waals surface area contributed by atoms with E-state index in [0.29, 0.717) is 36.6 Å². The van der Waals surface area contributed by atoms with Crippen molar-refractivity contribution in [3.05, 3.63) is 54.1 Å². The van der Waals surface area contributed by atoms with Gasteiger partial charge in [-0.05, 0) is 54.2 Å². The monoisotopic (exact) mass is 457 g/mol. The van der Waals surface area contributed by atoms with Crippen molar-refractivity contribution in [3.8, 4) is 0 Å². The number of rotatable bonds is 8. The number of fused-ring (bicyclic) bond motifs is 1. The Bertz CT molecular complexity index is 1180. The van der Waals surface area contributed by atoms with Gasteiger partial charge in [0.05, 0.1) is 4.90 Å². The second-order valence-corrected chi connectivity index (χ2v) is 10.0. The minimum Gasteiger partial charge on any atom is -0.385 e. The summed E-state index contributed by atoms with van der Waals surface area (Å²) in [5, 5.41) is 10.7. The normalized spacial score (nSPS) is 17.3. The predicted molar refractivity (Wildman–Crippen MR) is 119 cm³/mol. The molecule has 170 valence electrons. The first-order chi connectivity index (χ1) is 15.4. The molecule has 2 aromatic carbocycles. The molecular weight excluding hydrogens is 430 g/mol. The molecule has 0 radical (unpaired) electrons. The third kappa shape index (κ3) is 5.08. The summed E-state index contributed by atoms with van der Waals surface area (Å²) in [4.78, 5) is 18.9. The molecule has 1 atom stereocenters. The van der Waals surface area contributed by atoms with Crippen LogP contribution in [0.15, 0.2) is 53.4 Å². The Morgan fingerprint density at radius 3 is 2.81 bits per heavy atom. The highest BCUT2D eigenvalue weighted by Crippen LogP contribution is 2.25. The lowest BCUT2D eigenvalue weighted by Gasteiger charge is -2.30. The number of piperidine rings is 1. The summed E-state index contributed by atoms with van der Waals surface area (Å²) < 4.78 is 27.7. The topological polar surface area (TPSA) is 106 Å². The van der Waals surface area contributed by atoms with Crippen LogP contribution in [0.5, 0.6) is 0 Å². The number of aromatic nitrogens is 3. The Balaban J connectivity index is 1.40. The van der Waals surface area contributed by atoms with Crippen molar-refractivity contribution in [1.29, 1.82) is 0 Å². The molecule has 0 saturated carbocycles. The number of hydrogen-bond donors (Lipinski definition) is 1. The highest BCUT2D eigenvalue weighted by Gasteiger charge is 2.29. The van der Waals surface area contributed by atoms with Crippen molar-refractivity contribution in [3.63, 3.8) is 0 Å². The summed E-state index contributed by atoms with van der Waals surface area (Å²) >= 11 is 0. The summed E-state index contributed by atoms with van der Waals surface area (Å²) in [5.74, 6) is 0.0360. The third-order valence-electron chi connectivity index (χ3n) is 5.54. The Hall–Kier alpha value is -2.98. The first-order valence-corrected chi connectivity index (χ1v) is 12.2. The molecule has 1 aliphatic rings. The molecule has 1 unspecified atom stereocenters. The van der Waals surface area contributed by atoms with E-state index in [0.717, 1.165) is 29.7 Å². The van der Waals surface area contributed by atoms with Gasteiger partial charge in [-0.1, -0.05) is 42.1 Å². The van der Waals surface area contributed by atoms with Crippen LogP contribution in [0.25, 0.3) is 11.0 Å². The van der Waals surface area contributed by atoms with Gasteiger partial charge in [0.15, 0.2) is 6.61 Å². The molecule has 2 heterocycles. The summed E-state index contributed by atoms with van der Waals surface area (Å²) in [6.07, 6.45) is 2.60. The van der Waals surface area contributed by atoms with E-state index in [4.69, 9.17) is 4.84 Å². The maximum Gasteiger partial charge on any atom is 0.260 e. The summed E-state index contributed by atoms with van der Waals surface area (Å²) in [6.45, 7) is 3.32. The van der Waals surface area contributed by atoms with E-state index < -0.39 is 10.0 Å². The Kier molecular flexibility index (Phi) is 6.71. The Morgan fingerprint density at radius 2 is 2.03 bits per heavy atom. The van der Waals surface area contributed by atoms with Crippen molar-refractivity contribution in [1.82, 2.24) is 24.8 Å². The quantitative estimate of drug-likeness (QED) is 0.551. The molecule has 1 aromatic heterocycles. The molecule has 4 rings (SSSR count). The maximum atomic E-state index is 13.1. The van der Waals surface area contributed by atoms with Crippen LogP contribution in [0.2, 0.25) is 0 Å². The molecule has 10 heteroatoms. The van der Waals surface area contributed by atoms with Crippen molar-refractivity contribution >= 4 is 27.0 Å². The van der Waals surface area contributed by atoms with Crippen LogP contribution < -0.4 is 10.2 Å². The zero-order valence-corrected chi connectivity index (χ0v) is 18.8. The molecule has 0 aliphatic carbocycles. The lowest BCUT2D eigenvalue weighted by atomic mass is 10.0. The van der Waals surface area contributed by atoms with Gasteiger partial charge in [0, 0.05) is 19.6 Å². The van der Waals surface area contributed by atoms with Gasteiger partial charge < -0.3 is 10.2 Å². The van der Waals surface area contributed by atoms with Crippen LogP contribution in [-0.4, -0.2) is 60.0 Å². The number of hydrogen-bond acceptors (Lipinski definition) is 6. The standard InChI is InChI=1S/C22H27N5O4S/c1-17-6-5-13-26(15-17)32(29,30)19-9-10-20-21(14-19)27(25-24-20)31-16-22(28)23-12-11-18-7-3-2-4-8-18/h2-4,7-10,14,17H,5-6,11-13,15-16H2,1H3,(H,23,28). The fourth-order valence-electron chi connectivity index (χ4n) is 3.81. The highest BCUT2D eigenvalue weighted by atomic mass is 32.2. The zero-order valence-electron chi connectivity index (χ0n) is 18.0. The fourth-order valence-corrected chi connectivity index (χ4v) is 5.43. The molecule has 1 amide bonds. The second kappa shape index (κ2) is 9.66. The molecule has 1 aliphatic heterocycles. The number of carbonyl (C=O) groups excluding carboxylic acids is 1. The minimum atomic E-state index is -3.62. The molecule has 9 nitrogen and oxygen atoms in total. The summed E-state index contributed by atoms with van der Waals surface area (Å²) in [6, 6.07) is 14.5. The van der Waals surface area contributed by atoms with Gasteiger partial charge in [0.25, 0.3) is 5.91 Å². The van der Waals surface area contributed by atoms with Crippen molar-refractivity contribution in [2.75, 3.05) is 26.2 Å². The van der Waals surface area contributed by atoms with Gasteiger partial charge in [-0.25, -0.2) is 8.42 Å². The molecule has 32 heavy (non-hydrogen) atoms. The van der Waals surface area contributed by atoms with Crippen LogP contribution in [-0.2, 0) is 21.2 Å². The summed E-state index contributed by atoms with van der Waals surface area (Å²) in [7, 11) is -3.62. The van der Waals surface area contributed by atoms with Gasteiger partial charge in [-0.2, -0.15) is 4.31 Å². The maximum absolute atomic E-state index is 13.1. The highest BCUT2D eigenvalue weighted by molar-refractivity contribution is 7.89. The van der Waals surface area contributed by atoms with E-state index in [9.17, 15) is 13.2 Å². The van der Waals surface area contributed by atoms with Crippen LogP contribution in [0, 0.1) is 5.92 Å².